The fourth-order valence-electron chi connectivity index (χ4n) is 11.9. The number of hydrogen-bond donors (Lipinski definition) is 12. The van der Waals surface area contributed by atoms with Gasteiger partial charge >= 0.3 is 18.5 Å². The van der Waals surface area contributed by atoms with Gasteiger partial charge in [0.15, 0.2) is 34.0 Å². The van der Waals surface area contributed by atoms with E-state index >= 15 is 0 Å². The molecule has 0 aliphatic heterocycles. The molecule has 0 aliphatic carbocycles. The Hall–Kier alpha value is -9.51. The maximum Gasteiger partial charge on any atom is 0.416 e. The minimum atomic E-state index is -4.67. The number of benzene rings is 6. The standard InChI is InChI=1S/C70H73F9N12O6/c71-68(72,73)46-13-22-55-52(34-46)43(37-86-55)31-58(92)65(83,25-1-4-28-80)62(95)89-49-16-7-40(8-17-49)61(41-9-18-50(19-10-41)90-63(96)66(84,26-2-5-29-81)59(93)32-44-38-87-56-23-14-47(35-53(44)56)69(74,75)76)42-11-20-51(21-12-42)91-64(97)67(85,27-3-6-30-82)60(94)33-45-39-88-57-24-15-48(36-54(45)57)70(77,78)79/h7-24,34-39,61,86-88H,1-6,25-33,80-85H2,(H,89,95)(H,90,96)(H,91,97)/t65-,66-,67-/m0/s1. The molecule has 9 rings (SSSR count). The molecule has 3 aromatic heterocycles. The zero-order valence-electron chi connectivity index (χ0n) is 52.4. The minimum Gasteiger partial charge on any atom is -0.361 e. The van der Waals surface area contributed by atoms with Crippen molar-refractivity contribution in [3.8, 4) is 0 Å². The van der Waals surface area contributed by atoms with Gasteiger partial charge in [-0.15, -0.1) is 0 Å². The summed E-state index contributed by atoms with van der Waals surface area (Å²) < 4.78 is 124. The van der Waals surface area contributed by atoms with E-state index in [-0.39, 0.29) is 108 Å². The quantitative estimate of drug-likeness (QED) is 0.00865. The number of hydrogen-bond acceptors (Lipinski definition) is 12. The van der Waals surface area contributed by atoms with E-state index in [0.717, 1.165) is 36.4 Å². The first-order valence-electron chi connectivity index (χ1n) is 31.2. The topological polar surface area (TPSA) is 342 Å². The van der Waals surface area contributed by atoms with Crippen molar-refractivity contribution in [3.05, 3.63) is 196 Å². The Balaban J connectivity index is 1.00. The number of ketones is 3. The van der Waals surface area contributed by atoms with Crippen LogP contribution in [0.25, 0.3) is 32.7 Å². The molecule has 0 unspecified atom stereocenters. The van der Waals surface area contributed by atoms with Crippen LogP contribution in [0.1, 0.15) is 114 Å². The number of alkyl halides is 9. The molecular formula is C70H73F9N12O6. The van der Waals surface area contributed by atoms with Gasteiger partial charge in [0.2, 0.25) is 0 Å². The largest absolute Gasteiger partial charge is 0.416 e. The van der Waals surface area contributed by atoms with Gasteiger partial charge in [-0.25, -0.2) is 0 Å². The van der Waals surface area contributed by atoms with Crippen molar-refractivity contribution in [2.45, 2.75) is 118 Å². The maximum atomic E-state index is 14.3. The molecule has 0 aliphatic rings. The molecule has 6 aromatic carbocycles. The van der Waals surface area contributed by atoms with Crippen molar-refractivity contribution in [1.29, 1.82) is 0 Å². The lowest BCUT2D eigenvalue weighted by Crippen LogP contribution is -2.58. The summed E-state index contributed by atoms with van der Waals surface area (Å²) in [6.45, 7) is 0.643. The number of carbonyl (C=O) groups excluding carboxylic acids is 6. The summed E-state index contributed by atoms with van der Waals surface area (Å²) in [4.78, 5) is 94.3. The van der Waals surface area contributed by atoms with E-state index in [4.69, 9.17) is 34.4 Å². The highest BCUT2D eigenvalue weighted by atomic mass is 19.4. The van der Waals surface area contributed by atoms with Gasteiger partial charge in [0.05, 0.1) is 16.7 Å². The molecule has 0 bridgehead atoms. The molecule has 0 spiro atoms. The first-order chi connectivity index (χ1) is 45.9. The van der Waals surface area contributed by atoms with Crippen molar-refractivity contribution in [3.63, 3.8) is 0 Å². The Labute approximate surface area is 550 Å². The van der Waals surface area contributed by atoms with Crippen LogP contribution in [0.4, 0.5) is 56.6 Å². The van der Waals surface area contributed by atoms with Crippen molar-refractivity contribution < 1.29 is 68.3 Å². The highest BCUT2D eigenvalue weighted by Gasteiger charge is 2.45. The number of carbonyl (C=O) groups is 6. The summed E-state index contributed by atoms with van der Waals surface area (Å²) in [5, 5.41) is 8.60. The lowest BCUT2D eigenvalue weighted by Gasteiger charge is -2.28. The molecule has 27 heteroatoms. The van der Waals surface area contributed by atoms with E-state index in [1.807, 2.05) is 0 Å². The Morgan fingerprint density at radius 3 is 0.835 bits per heavy atom. The van der Waals surface area contributed by atoms with Crippen LogP contribution < -0.4 is 50.4 Å². The molecule has 97 heavy (non-hydrogen) atoms. The molecule has 3 amide bonds. The lowest BCUT2D eigenvalue weighted by atomic mass is 9.83. The number of aromatic nitrogens is 3. The summed E-state index contributed by atoms with van der Waals surface area (Å²) in [5.74, 6) is -5.71. The van der Waals surface area contributed by atoms with Gasteiger partial charge in [-0.1, -0.05) is 36.4 Å². The Morgan fingerprint density at radius 1 is 0.361 bits per heavy atom. The number of aromatic amines is 3. The van der Waals surface area contributed by atoms with Gasteiger partial charge in [0.25, 0.3) is 17.7 Å². The Bertz CT molecular complexity index is 3900. The van der Waals surface area contributed by atoms with Crippen LogP contribution in [-0.4, -0.2) is 86.3 Å². The summed E-state index contributed by atoms with van der Waals surface area (Å²) in [6, 6.07) is 28.5. The second-order valence-electron chi connectivity index (χ2n) is 24.3. The first kappa shape index (κ1) is 71.8. The van der Waals surface area contributed by atoms with Gasteiger partial charge in [0.1, 0.15) is 0 Å². The van der Waals surface area contributed by atoms with E-state index < -0.39 is 112 Å². The molecule has 0 radical (unpaired) electrons. The third kappa shape index (κ3) is 16.3. The van der Waals surface area contributed by atoms with Crippen molar-refractivity contribution in [2.75, 3.05) is 35.6 Å². The summed E-state index contributed by atoms with van der Waals surface area (Å²) >= 11 is 0. The molecule has 9 aromatic rings. The number of nitrogens with two attached hydrogens (primary N) is 6. The number of halogens is 9. The van der Waals surface area contributed by atoms with Crippen LogP contribution in [0.15, 0.2) is 146 Å². The second kappa shape index (κ2) is 29.5. The zero-order valence-corrected chi connectivity index (χ0v) is 52.4. The van der Waals surface area contributed by atoms with Crippen molar-refractivity contribution >= 4 is 84.8 Å². The number of unbranched alkanes of at least 4 members (excludes halogenated alkanes) is 3. The normalized spacial score (nSPS) is 14.1. The summed E-state index contributed by atoms with van der Waals surface area (Å²) in [5.41, 5.74) is 32.1. The number of nitrogens with one attached hydrogen (secondary N) is 6. The number of Topliss-reactive ketones (excluding diaryl/α,β-unsaturated/α-hetero) is 3. The van der Waals surface area contributed by atoms with E-state index in [9.17, 15) is 68.3 Å². The van der Waals surface area contributed by atoms with Gasteiger partial charge in [-0.05, 0) is 202 Å². The number of H-pyrrole nitrogens is 3. The van der Waals surface area contributed by atoms with Gasteiger partial charge < -0.3 is 65.3 Å². The number of amides is 3. The first-order valence-corrected chi connectivity index (χ1v) is 31.2. The molecule has 0 fully saturated rings. The minimum absolute atomic E-state index is 0.126. The van der Waals surface area contributed by atoms with Crippen LogP contribution in [0.2, 0.25) is 0 Å². The van der Waals surface area contributed by atoms with Crippen LogP contribution in [-0.2, 0) is 66.6 Å². The van der Waals surface area contributed by atoms with Crippen molar-refractivity contribution in [2.24, 2.45) is 34.4 Å². The molecule has 18 nitrogen and oxygen atoms in total. The summed E-state index contributed by atoms with van der Waals surface area (Å²) in [6.07, 6.45) is -9.90. The number of fused-ring (bicyclic) bond motifs is 3. The summed E-state index contributed by atoms with van der Waals surface area (Å²) in [7, 11) is 0. The van der Waals surface area contributed by atoms with E-state index in [0.29, 0.717) is 52.5 Å². The smallest absolute Gasteiger partial charge is 0.361 e. The molecular weight excluding hydrogens is 1280 g/mol. The average molecular weight is 1350 g/mol. The van der Waals surface area contributed by atoms with Crippen LogP contribution in [0, 0.1) is 0 Å². The van der Waals surface area contributed by atoms with Crippen molar-refractivity contribution in [1.82, 2.24) is 15.0 Å². The molecule has 512 valence electrons. The van der Waals surface area contributed by atoms with Gasteiger partial charge in [-0.2, -0.15) is 39.5 Å². The fourth-order valence-corrected chi connectivity index (χ4v) is 11.9. The van der Waals surface area contributed by atoms with Crippen LogP contribution in [0.5, 0.6) is 0 Å². The molecule has 3 atom stereocenters. The number of rotatable bonds is 30. The Kier molecular flexibility index (Phi) is 21.8. The van der Waals surface area contributed by atoms with Crippen LogP contribution in [0.3, 0.4) is 0 Å². The third-order valence-corrected chi connectivity index (χ3v) is 17.6. The second-order valence-corrected chi connectivity index (χ2v) is 24.3. The van der Waals surface area contributed by atoms with Gasteiger partial charge in [0, 0.05) is 93.5 Å². The predicted molar refractivity (Wildman–Crippen MR) is 352 cm³/mol. The molecule has 0 saturated carbocycles. The van der Waals surface area contributed by atoms with E-state index in [2.05, 4.69) is 30.9 Å². The zero-order chi connectivity index (χ0) is 70.3. The maximum absolute atomic E-state index is 14.3. The molecule has 18 N–H and O–H groups in total. The highest BCUT2D eigenvalue weighted by Crippen LogP contribution is 2.39. The highest BCUT2D eigenvalue weighted by molar-refractivity contribution is 6.18. The monoisotopic (exact) mass is 1350 g/mol. The SMILES string of the molecule is NCCCC[C@](N)(C(=O)Cc1c[nH]c2ccc(C(F)(F)F)cc12)C(=O)Nc1ccc(C(c2ccc(NC(=O)[C@](N)(CCCCN)C(=O)Cc3c[nH]c4ccc(C(F)(F)F)cc34)cc2)c2ccc(NC(=O)[C@](N)(CCCCN)C(=O)Cc3c[nH]c4ccc(C(F)(F)F)cc34)cc2)cc1. The fraction of sp³-hybridized carbons (Fsp3) is 0.314. The average Bonchev–Trinajstić information content (AvgIpc) is 1.51. The van der Waals surface area contributed by atoms with E-state index in [1.165, 1.54) is 36.8 Å². The molecule has 0 saturated heterocycles. The molecule has 3 heterocycles. The number of anilines is 3. The van der Waals surface area contributed by atoms with Gasteiger partial charge in [-0.3, -0.25) is 28.8 Å². The Morgan fingerprint density at radius 2 is 0.608 bits per heavy atom. The predicted octanol–water partition coefficient (Wildman–Crippen LogP) is 11.1. The van der Waals surface area contributed by atoms with Crippen LogP contribution >= 0.6 is 0 Å². The third-order valence-electron chi connectivity index (χ3n) is 17.6. The van der Waals surface area contributed by atoms with E-state index in [1.54, 1.807) is 72.8 Å². The lowest BCUT2D eigenvalue weighted by molar-refractivity contribution is -0.138.